The Morgan fingerprint density at radius 1 is 1.53 bits per heavy atom. The zero-order valence-electron chi connectivity index (χ0n) is 9.93. The maximum atomic E-state index is 12.3. The van der Waals surface area contributed by atoms with Crippen molar-refractivity contribution in [1.29, 1.82) is 0 Å². The first-order valence-electron chi connectivity index (χ1n) is 6.10. The van der Waals surface area contributed by atoms with Crippen LogP contribution < -0.4 is 5.73 Å². The van der Waals surface area contributed by atoms with Crippen molar-refractivity contribution >= 4 is 0 Å². The molecule has 0 bridgehead atoms. The standard InChI is InChI=1S/C12H20FN3O/c13-5-8-15-6-1-3-10(9-15)16-7-2-4-11(14)12(16)17/h2,4,7,10,12,17H,1,3,5-6,8-9,14H2/t10-,12?/m1/s1. The van der Waals surface area contributed by atoms with Crippen molar-refractivity contribution in [2.24, 2.45) is 5.73 Å². The first kappa shape index (κ1) is 12.4. The molecule has 2 aliphatic heterocycles. The van der Waals surface area contributed by atoms with Gasteiger partial charge in [0.15, 0.2) is 6.23 Å². The van der Waals surface area contributed by atoms with Crippen LogP contribution in [0.4, 0.5) is 4.39 Å². The van der Waals surface area contributed by atoms with E-state index in [1.807, 2.05) is 17.2 Å². The Hall–Kier alpha value is -1.07. The average molecular weight is 241 g/mol. The number of aliphatic hydroxyl groups excluding tert-OH is 1. The predicted molar refractivity (Wildman–Crippen MR) is 64.7 cm³/mol. The number of nitrogens with two attached hydrogens (primary N) is 1. The molecule has 5 heteroatoms. The molecule has 0 aromatic rings. The zero-order valence-corrected chi connectivity index (χ0v) is 9.93. The maximum Gasteiger partial charge on any atom is 0.167 e. The van der Waals surface area contributed by atoms with Crippen molar-refractivity contribution in [2.45, 2.75) is 25.1 Å². The van der Waals surface area contributed by atoms with Crippen LogP contribution in [0.25, 0.3) is 0 Å². The summed E-state index contributed by atoms with van der Waals surface area (Å²) in [6, 6.07) is 0.216. The van der Waals surface area contributed by atoms with Crippen LogP contribution >= 0.6 is 0 Å². The smallest absolute Gasteiger partial charge is 0.167 e. The first-order valence-corrected chi connectivity index (χ1v) is 6.10. The summed E-state index contributed by atoms with van der Waals surface area (Å²) in [5.74, 6) is 0. The minimum atomic E-state index is -0.740. The van der Waals surface area contributed by atoms with Gasteiger partial charge in [0.25, 0.3) is 0 Å². The van der Waals surface area contributed by atoms with Gasteiger partial charge >= 0.3 is 0 Å². The van der Waals surface area contributed by atoms with Crippen LogP contribution in [0, 0.1) is 0 Å². The Morgan fingerprint density at radius 2 is 2.35 bits per heavy atom. The predicted octanol–water partition coefficient (Wildman–Crippen LogP) is 0.411. The molecule has 2 atom stereocenters. The van der Waals surface area contributed by atoms with E-state index < -0.39 is 6.23 Å². The van der Waals surface area contributed by atoms with E-state index in [4.69, 9.17) is 5.73 Å². The average Bonchev–Trinajstić information content (AvgIpc) is 2.33. The quantitative estimate of drug-likeness (QED) is 0.751. The number of hydrogen-bond acceptors (Lipinski definition) is 4. The lowest BCUT2D eigenvalue weighted by atomic mass is 10.0. The highest BCUT2D eigenvalue weighted by molar-refractivity contribution is 5.19. The van der Waals surface area contributed by atoms with Crippen molar-refractivity contribution in [3.8, 4) is 0 Å². The van der Waals surface area contributed by atoms with Gasteiger partial charge in [0.2, 0.25) is 0 Å². The highest BCUT2D eigenvalue weighted by Crippen LogP contribution is 2.21. The van der Waals surface area contributed by atoms with Crippen LogP contribution in [0.3, 0.4) is 0 Å². The third kappa shape index (κ3) is 2.79. The molecule has 0 aromatic carbocycles. The van der Waals surface area contributed by atoms with Gasteiger partial charge in [0.1, 0.15) is 6.67 Å². The lowest BCUT2D eigenvalue weighted by molar-refractivity contribution is 0.00830. The molecular weight excluding hydrogens is 221 g/mol. The second-order valence-electron chi connectivity index (χ2n) is 4.61. The summed E-state index contributed by atoms with van der Waals surface area (Å²) in [4.78, 5) is 3.98. The fourth-order valence-corrected chi connectivity index (χ4v) is 2.51. The van der Waals surface area contributed by atoms with Crippen molar-refractivity contribution < 1.29 is 9.50 Å². The van der Waals surface area contributed by atoms with Crippen molar-refractivity contribution in [1.82, 2.24) is 9.80 Å². The minimum Gasteiger partial charge on any atom is -0.398 e. The van der Waals surface area contributed by atoms with E-state index in [1.165, 1.54) is 0 Å². The van der Waals surface area contributed by atoms with Gasteiger partial charge in [-0.25, -0.2) is 4.39 Å². The topological polar surface area (TPSA) is 52.7 Å². The molecule has 4 nitrogen and oxygen atoms in total. The molecule has 0 aliphatic carbocycles. The highest BCUT2D eigenvalue weighted by atomic mass is 19.1. The van der Waals surface area contributed by atoms with Crippen LogP contribution in [0.15, 0.2) is 24.0 Å². The summed E-state index contributed by atoms with van der Waals surface area (Å²) in [6.07, 6.45) is 6.72. The number of nitrogens with zero attached hydrogens (tertiary/aromatic N) is 2. The van der Waals surface area contributed by atoms with Gasteiger partial charge in [-0.2, -0.15) is 0 Å². The number of rotatable bonds is 3. The molecular formula is C12H20FN3O. The normalized spacial score (nSPS) is 30.5. The fraction of sp³-hybridized carbons (Fsp3) is 0.667. The number of piperidine rings is 1. The number of aliphatic hydroxyl groups is 1. The molecule has 96 valence electrons. The molecule has 0 radical (unpaired) electrons. The van der Waals surface area contributed by atoms with E-state index in [0.717, 1.165) is 25.9 Å². The molecule has 0 aromatic heterocycles. The molecule has 2 aliphatic rings. The second-order valence-corrected chi connectivity index (χ2v) is 4.61. The van der Waals surface area contributed by atoms with Crippen molar-refractivity contribution in [2.75, 3.05) is 26.3 Å². The second kappa shape index (κ2) is 5.51. The molecule has 1 saturated heterocycles. The molecule has 1 fully saturated rings. The molecule has 0 amide bonds. The highest BCUT2D eigenvalue weighted by Gasteiger charge is 2.29. The van der Waals surface area contributed by atoms with Crippen LogP contribution in [0.1, 0.15) is 12.8 Å². The van der Waals surface area contributed by atoms with Gasteiger partial charge in [-0.3, -0.25) is 4.90 Å². The molecule has 17 heavy (non-hydrogen) atoms. The van der Waals surface area contributed by atoms with Crippen molar-refractivity contribution in [3.05, 3.63) is 24.0 Å². The number of allylic oxidation sites excluding steroid dienone is 2. The Kier molecular flexibility index (Phi) is 4.02. The van der Waals surface area contributed by atoms with E-state index in [0.29, 0.717) is 12.2 Å². The summed E-state index contributed by atoms with van der Waals surface area (Å²) in [5, 5.41) is 9.99. The van der Waals surface area contributed by atoms with E-state index in [-0.39, 0.29) is 12.7 Å². The molecule has 2 heterocycles. The summed E-state index contributed by atoms with van der Waals surface area (Å²) >= 11 is 0. The minimum absolute atomic E-state index is 0.216. The Labute approximate surface area is 101 Å². The van der Waals surface area contributed by atoms with Crippen LogP contribution in [0.2, 0.25) is 0 Å². The van der Waals surface area contributed by atoms with E-state index in [2.05, 4.69) is 4.90 Å². The summed E-state index contributed by atoms with van der Waals surface area (Å²) in [7, 11) is 0. The number of alkyl halides is 1. The first-order chi connectivity index (χ1) is 8.22. The Balaban J connectivity index is 1.98. The molecule has 0 spiro atoms. The van der Waals surface area contributed by atoms with E-state index in [1.54, 1.807) is 6.08 Å². The van der Waals surface area contributed by atoms with Crippen LogP contribution in [-0.4, -0.2) is 53.5 Å². The van der Waals surface area contributed by atoms with Gasteiger partial charge in [-0.05, 0) is 31.5 Å². The molecule has 1 unspecified atom stereocenters. The molecule has 3 N–H and O–H groups in total. The van der Waals surface area contributed by atoms with Gasteiger partial charge in [-0.15, -0.1) is 0 Å². The molecule has 0 saturated carbocycles. The third-order valence-electron chi connectivity index (χ3n) is 3.43. The van der Waals surface area contributed by atoms with Crippen LogP contribution in [-0.2, 0) is 0 Å². The van der Waals surface area contributed by atoms with Gasteiger partial charge < -0.3 is 15.7 Å². The Bertz CT molecular complexity index is 317. The molecule has 2 rings (SSSR count). The number of hydrogen-bond donors (Lipinski definition) is 2. The van der Waals surface area contributed by atoms with Gasteiger partial charge in [-0.1, -0.05) is 0 Å². The zero-order chi connectivity index (χ0) is 12.3. The largest absolute Gasteiger partial charge is 0.398 e. The third-order valence-corrected chi connectivity index (χ3v) is 3.43. The van der Waals surface area contributed by atoms with Crippen molar-refractivity contribution in [3.63, 3.8) is 0 Å². The fourth-order valence-electron chi connectivity index (χ4n) is 2.51. The monoisotopic (exact) mass is 241 g/mol. The van der Waals surface area contributed by atoms with E-state index >= 15 is 0 Å². The Morgan fingerprint density at radius 3 is 3.12 bits per heavy atom. The lowest BCUT2D eigenvalue weighted by Crippen LogP contribution is -2.51. The number of likely N-dealkylation sites (tertiary alicyclic amines) is 1. The van der Waals surface area contributed by atoms with Gasteiger partial charge in [0.05, 0.1) is 5.70 Å². The van der Waals surface area contributed by atoms with Gasteiger partial charge in [0, 0.05) is 25.3 Å². The summed E-state index contributed by atoms with van der Waals surface area (Å²) in [5.41, 5.74) is 6.18. The van der Waals surface area contributed by atoms with E-state index in [9.17, 15) is 9.50 Å². The SMILES string of the molecule is NC1=CC=CN([C@@H]2CCCN(CCF)C2)C1O. The summed E-state index contributed by atoms with van der Waals surface area (Å²) < 4.78 is 12.3. The van der Waals surface area contributed by atoms with Crippen LogP contribution in [0.5, 0.6) is 0 Å². The lowest BCUT2D eigenvalue weighted by Gasteiger charge is -2.41. The summed E-state index contributed by atoms with van der Waals surface area (Å²) in [6.45, 7) is 1.90. The maximum absolute atomic E-state index is 12.3. The number of halogens is 1.